The lowest BCUT2D eigenvalue weighted by Crippen LogP contribution is -2.00. The van der Waals surface area contributed by atoms with E-state index in [1.54, 1.807) is 13.0 Å². The molecule has 94 valence electrons. The smallest absolute Gasteiger partial charge is 0.126 e. The summed E-state index contributed by atoms with van der Waals surface area (Å²) in [4.78, 5) is 0. The van der Waals surface area contributed by atoms with Crippen molar-refractivity contribution in [3.63, 3.8) is 0 Å². The van der Waals surface area contributed by atoms with E-state index in [1.807, 2.05) is 30.3 Å². The zero-order chi connectivity index (χ0) is 13.0. The molecule has 2 aromatic carbocycles. The monoisotopic (exact) mass is 246 g/mol. The van der Waals surface area contributed by atoms with Crippen LogP contribution in [-0.4, -0.2) is 5.11 Å². The summed E-state index contributed by atoms with van der Waals surface area (Å²) in [5, 5.41) is 9.18. The van der Waals surface area contributed by atoms with E-state index in [9.17, 15) is 9.50 Å². The molecule has 0 aliphatic rings. The summed E-state index contributed by atoms with van der Waals surface area (Å²) < 4.78 is 19.0. The Morgan fingerprint density at radius 3 is 2.56 bits per heavy atom. The molecule has 0 fully saturated rings. The number of aryl methyl sites for hydroxylation is 1. The van der Waals surface area contributed by atoms with E-state index in [-0.39, 0.29) is 12.4 Å². The Balaban J connectivity index is 2.16. The van der Waals surface area contributed by atoms with Crippen LogP contribution in [0.1, 0.15) is 16.7 Å². The van der Waals surface area contributed by atoms with Crippen molar-refractivity contribution >= 4 is 0 Å². The van der Waals surface area contributed by atoms with Crippen LogP contribution in [0.15, 0.2) is 42.5 Å². The van der Waals surface area contributed by atoms with Gasteiger partial charge in [0.05, 0.1) is 6.61 Å². The van der Waals surface area contributed by atoms with Crippen LogP contribution < -0.4 is 4.74 Å². The number of hydrogen-bond donors (Lipinski definition) is 1. The van der Waals surface area contributed by atoms with E-state index in [0.717, 1.165) is 5.56 Å². The molecular weight excluding hydrogens is 231 g/mol. The fraction of sp³-hybridized carbons (Fsp3) is 0.200. The van der Waals surface area contributed by atoms with Gasteiger partial charge in [0.25, 0.3) is 0 Å². The van der Waals surface area contributed by atoms with Gasteiger partial charge in [-0.1, -0.05) is 30.3 Å². The molecule has 2 rings (SSSR count). The minimum Gasteiger partial charge on any atom is -0.489 e. The van der Waals surface area contributed by atoms with Crippen molar-refractivity contribution in [2.45, 2.75) is 20.1 Å². The molecule has 0 atom stereocenters. The normalized spacial score (nSPS) is 10.4. The van der Waals surface area contributed by atoms with Crippen molar-refractivity contribution < 1.29 is 14.2 Å². The zero-order valence-electron chi connectivity index (χ0n) is 10.2. The van der Waals surface area contributed by atoms with Gasteiger partial charge >= 0.3 is 0 Å². The molecule has 0 bridgehead atoms. The highest BCUT2D eigenvalue weighted by Gasteiger charge is 2.08. The maximum absolute atomic E-state index is 13.3. The fourth-order valence-electron chi connectivity index (χ4n) is 1.69. The molecule has 0 spiro atoms. The Kier molecular flexibility index (Phi) is 3.95. The SMILES string of the molecule is Cc1cc(OCc2ccccc2)c(CO)cc1F. The minimum absolute atomic E-state index is 0.235. The number of aliphatic hydroxyl groups is 1. The lowest BCUT2D eigenvalue weighted by Gasteiger charge is -2.11. The molecule has 0 aliphatic heterocycles. The summed E-state index contributed by atoms with van der Waals surface area (Å²) in [5.74, 6) is 0.200. The summed E-state index contributed by atoms with van der Waals surface area (Å²) in [7, 11) is 0. The fourth-order valence-corrected chi connectivity index (χ4v) is 1.69. The van der Waals surface area contributed by atoms with Crippen molar-refractivity contribution in [2.24, 2.45) is 0 Å². The van der Waals surface area contributed by atoms with Crippen molar-refractivity contribution in [3.8, 4) is 5.75 Å². The first-order valence-electron chi connectivity index (χ1n) is 5.77. The highest BCUT2D eigenvalue weighted by Crippen LogP contribution is 2.23. The zero-order valence-corrected chi connectivity index (χ0v) is 10.2. The Bertz CT molecular complexity index is 524. The van der Waals surface area contributed by atoms with Gasteiger partial charge in [0.15, 0.2) is 0 Å². The van der Waals surface area contributed by atoms with Crippen molar-refractivity contribution in [1.82, 2.24) is 0 Å². The molecule has 0 aliphatic carbocycles. The average Bonchev–Trinajstić information content (AvgIpc) is 2.41. The average molecular weight is 246 g/mol. The van der Waals surface area contributed by atoms with Crippen LogP contribution in [0, 0.1) is 12.7 Å². The maximum atomic E-state index is 13.3. The van der Waals surface area contributed by atoms with E-state index in [4.69, 9.17) is 4.74 Å². The van der Waals surface area contributed by atoms with Gasteiger partial charge in [-0.3, -0.25) is 0 Å². The first-order chi connectivity index (χ1) is 8.70. The number of rotatable bonds is 4. The summed E-state index contributed by atoms with van der Waals surface area (Å²) in [5.41, 5.74) is 2.01. The highest BCUT2D eigenvalue weighted by atomic mass is 19.1. The molecule has 0 saturated carbocycles. The third-order valence-electron chi connectivity index (χ3n) is 2.75. The molecule has 2 aromatic rings. The second-order valence-corrected chi connectivity index (χ2v) is 4.14. The standard InChI is InChI=1S/C15H15FO2/c1-11-7-15(13(9-17)8-14(11)16)18-10-12-5-3-2-4-6-12/h2-8,17H,9-10H2,1H3. The van der Waals surface area contributed by atoms with E-state index in [0.29, 0.717) is 23.5 Å². The molecule has 0 heterocycles. The summed E-state index contributed by atoms with van der Waals surface area (Å²) in [6.07, 6.45) is 0. The molecule has 3 heteroatoms. The molecule has 0 saturated heterocycles. The summed E-state index contributed by atoms with van der Waals surface area (Å²) >= 11 is 0. The van der Waals surface area contributed by atoms with Gasteiger partial charge in [-0.05, 0) is 30.2 Å². The predicted octanol–water partition coefficient (Wildman–Crippen LogP) is 3.21. The first-order valence-corrected chi connectivity index (χ1v) is 5.77. The van der Waals surface area contributed by atoms with E-state index >= 15 is 0 Å². The summed E-state index contributed by atoms with van der Waals surface area (Å²) in [6, 6.07) is 12.6. The van der Waals surface area contributed by atoms with Gasteiger partial charge in [0.1, 0.15) is 18.2 Å². The van der Waals surface area contributed by atoms with Gasteiger partial charge in [-0.15, -0.1) is 0 Å². The van der Waals surface area contributed by atoms with Crippen LogP contribution in [0.3, 0.4) is 0 Å². The van der Waals surface area contributed by atoms with Gasteiger partial charge in [0, 0.05) is 5.56 Å². The second-order valence-electron chi connectivity index (χ2n) is 4.14. The molecule has 0 amide bonds. The van der Waals surface area contributed by atoms with Gasteiger partial charge in [0.2, 0.25) is 0 Å². The largest absolute Gasteiger partial charge is 0.489 e. The molecular formula is C15H15FO2. The third kappa shape index (κ3) is 2.87. The van der Waals surface area contributed by atoms with Crippen LogP contribution in [0.25, 0.3) is 0 Å². The van der Waals surface area contributed by atoms with Crippen molar-refractivity contribution in [3.05, 3.63) is 65.0 Å². The highest BCUT2D eigenvalue weighted by molar-refractivity contribution is 5.37. The Labute approximate surface area is 106 Å². The Hall–Kier alpha value is -1.87. The Morgan fingerprint density at radius 2 is 1.89 bits per heavy atom. The maximum Gasteiger partial charge on any atom is 0.126 e. The van der Waals surface area contributed by atoms with E-state index < -0.39 is 0 Å². The number of halogens is 1. The van der Waals surface area contributed by atoms with Gasteiger partial charge in [-0.2, -0.15) is 0 Å². The topological polar surface area (TPSA) is 29.5 Å². The van der Waals surface area contributed by atoms with E-state index in [1.165, 1.54) is 6.07 Å². The van der Waals surface area contributed by atoms with Crippen LogP contribution >= 0.6 is 0 Å². The molecule has 0 unspecified atom stereocenters. The van der Waals surface area contributed by atoms with Crippen molar-refractivity contribution in [1.29, 1.82) is 0 Å². The molecule has 0 radical (unpaired) electrons. The van der Waals surface area contributed by atoms with Gasteiger partial charge in [-0.25, -0.2) is 4.39 Å². The van der Waals surface area contributed by atoms with Crippen LogP contribution in [0.2, 0.25) is 0 Å². The molecule has 2 nitrogen and oxygen atoms in total. The number of benzene rings is 2. The predicted molar refractivity (Wildman–Crippen MR) is 67.8 cm³/mol. The van der Waals surface area contributed by atoms with Crippen molar-refractivity contribution in [2.75, 3.05) is 0 Å². The Morgan fingerprint density at radius 1 is 1.17 bits per heavy atom. The lowest BCUT2D eigenvalue weighted by atomic mass is 10.1. The van der Waals surface area contributed by atoms with Gasteiger partial charge < -0.3 is 9.84 Å². The van der Waals surface area contributed by atoms with E-state index in [2.05, 4.69) is 0 Å². The number of ether oxygens (including phenoxy) is 1. The minimum atomic E-state index is -0.328. The molecule has 1 N–H and O–H groups in total. The third-order valence-corrected chi connectivity index (χ3v) is 2.75. The number of hydrogen-bond acceptors (Lipinski definition) is 2. The summed E-state index contributed by atoms with van der Waals surface area (Å²) in [6.45, 7) is 1.84. The number of aliphatic hydroxyl groups excluding tert-OH is 1. The van der Waals surface area contributed by atoms with Crippen LogP contribution in [-0.2, 0) is 13.2 Å². The molecule has 18 heavy (non-hydrogen) atoms. The quantitative estimate of drug-likeness (QED) is 0.897. The van der Waals surface area contributed by atoms with Crippen LogP contribution in [0.5, 0.6) is 5.75 Å². The molecule has 0 aromatic heterocycles. The lowest BCUT2D eigenvalue weighted by molar-refractivity contribution is 0.258. The van der Waals surface area contributed by atoms with Crippen LogP contribution in [0.4, 0.5) is 4.39 Å². The second kappa shape index (κ2) is 5.65. The first kappa shape index (κ1) is 12.6.